The van der Waals surface area contributed by atoms with Crippen LogP contribution in [0.4, 0.5) is 0 Å². The zero-order valence-corrected chi connectivity index (χ0v) is 13.5. The van der Waals surface area contributed by atoms with E-state index in [0.29, 0.717) is 0 Å². The predicted octanol–water partition coefficient (Wildman–Crippen LogP) is 1.70. The zero-order chi connectivity index (χ0) is 15.7. The summed E-state index contributed by atoms with van der Waals surface area (Å²) in [6.45, 7) is 0. The van der Waals surface area contributed by atoms with Crippen molar-refractivity contribution in [3.8, 4) is 12.3 Å². The molecule has 0 aliphatic heterocycles. The molecular weight excluding hydrogens is 315 g/mol. The Balaban J connectivity index is 2.32. The number of methoxy groups -OCH3 is 2. The Labute approximate surface area is 134 Å². The summed E-state index contributed by atoms with van der Waals surface area (Å²) in [5, 5.41) is 11.1. The third-order valence-electron chi connectivity index (χ3n) is 5.74. The second kappa shape index (κ2) is 4.37. The van der Waals surface area contributed by atoms with Gasteiger partial charge in [-0.2, -0.15) is 0 Å². The van der Waals surface area contributed by atoms with E-state index in [4.69, 9.17) is 39.1 Å². The third-order valence-corrected chi connectivity index (χ3v) is 7.28. The Morgan fingerprint density at radius 1 is 1.33 bits per heavy atom. The Morgan fingerprint density at radius 2 is 1.90 bits per heavy atom. The molecule has 3 aliphatic carbocycles. The maximum atomic E-state index is 13.0. The summed E-state index contributed by atoms with van der Waals surface area (Å²) in [5.74, 6) is -0.158. The number of rotatable bonds is 3. The van der Waals surface area contributed by atoms with Gasteiger partial charge in [0.1, 0.15) is 4.87 Å². The van der Waals surface area contributed by atoms with Gasteiger partial charge in [-0.15, -0.1) is 35.5 Å². The van der Waals surface area contributed by atoms with Crippen molar-refractivity contribution < 1.29 is 19.4 Å². The van der Waals surface area contributed by atoms with Gasteiger partial charge in [0.05, 0.1) is 0 Å². The topological polar surface area (TPSA) is 55.8 Å². The molecule has 0 spiro atoms. The lowest BCUT2D eigenvalue weighted by molar-refractivity contribution is -0.235. The zero-order valence-electron chi connectivity index (χ0n) is 12.0. The molecule has 0 saturated heterocycles. The van der Waals surface area contributed by atoms with Crippen LogP contribution in [-0.2, 0) is 14.3 Å². The molecule has 2 bridgehead atoms. The number of hydrogen-bond donors (Lipinski definition) is 1. The molecule has 1 N–H and O–H groups in total. The van der Waals surface area contributed by atoms with Crippen molar-refractivity contribution in [2.45, 2.75) is 46.8 Å². The van der Waals surface area contributed by atoms with Crippen LogP contribution in [0, 0.1) is 24.2 Å². The minimum absolute atomic E-state index is 0.174. The fourth-order valence-corrected chi connectivity index (χ4v) is 6.55. The standard InChI is InChI=1S/C15H18Cl2O4/c1-4-8-12(19)11(18)13(16)9-6-5-7-10(9)14(12,17)15(13,20-2)21-3/h1,9-10,19H,5-8H2,2-3H3/t9-,10+,12-,13-,14+/m1/s1. The summed E-state index contributed by atoms with van der Waals surface area (Å²) >= 11 is 13.7. The second-order valence-electron chi connectivity index (χ2n) is 6.16. The van der Waals surface area contributed by atoms with E-state index in [2.05, 4.69) is 5.92 Å². The number of fused-ring (bicyclic) bond motifs is 5. The van der Waals surface area contributed by atoms with Gasteiger partial charge in [0.2, 0.25) is 5.79 Å². The van der Waals surface area contributed by atoms with E-state index < -0.39 is 26.9 Å². The Morgan fingerprint density at radius 3 is 2.43 bits per heavy atom. The lowest BCUT2D eigenvalue weighted by Crippen LogP contribution is -2.63. The molecule has 3 rings (SSSR count). The number of carbonyl (C=O) groups excluding carboxylic acids is 1. The van der Waals surface area contributed by atoms with Gasteiger partial charge in [-0.3, -0.25) is 4.79 Å². The number of alkyl halides is 2. The minimum Gasteiger partial charge on any atom is -0.379 e. The van der Waals surface area contributed by atoms with Crippen LogP contribution in [-0.4, -0.2) is 46.2 Å². The van der Waals surface area contributed by atoms with Crippen LogP contribution in [0.1, 0.15) is 25.7 Å². The van der Waals surface area contributed by atoms with E-state index in [1.54, 1.807) is 0 Å². The van der Waals surface area contributed by atoms with Crippen LogP contribution in [0.15, 0.2) is 0 Å². The van der Waals surface area contributed by atoms with Crippen molar-refractivity contribution in [3.63, 3.8) is 0 Å². The van der Waals surface area contributed by atoms with Crippen LogP contribution in [0.2, 0.25) is 0 Å². The molecule has 0 aromatic rings. The van der Waals surface area contributed by atoms with E-state index in [-0.39, 0.29) is 18.3 Å². The second-order valence-corrected chi connectivity index (χ2v) is 7.35. The summed E-state index contributed by atoms with van der Waals surface area (Å²) < 4.78 is 11.1. The number of Topliss-reactive ketones (excluding diaryl/α,β-unsaturated/α-hetero) is 1. The third kappa shape index (κ3) is 1.23. The van der Waals surface area contributed by atoms with Crippen LogP contribution in [0.5, 0.6) is 0 Å². The first-order valence-corrected chi connectivity index (χ1v) is 7.76. The van der Waals surface area contributed by atoms with Gasteiger partial charge in [-0.1, -0.05) is 6.42 Å². The summed E-state index contributed by atoms with van der Waals surface area (Å²) in [7, 11) is 2.79. The smallest absolute Gasteiger partial charge is 0.218 e. The van der Waals surface area contributed by atoms with E-state index in [0.717, 1.165) is 19.3 Å². The van der Waals surface area contributed by atoms with Gasteiger partial charge in [0.15, 0.2) is 16.3 Å². The molecule has 3 aliphatic rings. The summed E-state index contributed by atoms with van der Waals surface area (Å²) in [6.07, 6.45) is 7.57. The van der Waals surface area contributed by atoms with E-state index in [9.17, 15) is 9.90 Å². The first kappa shape index (κ1) is 15.6. The van der Waals surface area contributed by atoms with Crippen molar-refractivity contribution in [2.24, 2.45) is 11.8 Å². The van der Waals surface area contributed by atoms with E-state index >= 15 is 0 Å². The van der Waals surface area contributed by atoms with Gasteiger partial charge < -0.3 is 14.6 Å². The molecule has 3 fully saturated rings. The van der Waals surface area contributed by atoms with Gasteiger partial charge in [0, 0.05) is 20.6 Å². The molecule has 0 aromatic heterocycles. The Hall–Kier alpha value is -0.310. The first-order valence-electron chi connectivity index (χ1n) is 7.00. The monoisotopic (exact) mass is 332 g/mol. The average molecular weight is 333 g/mol. The highest BCUT2D eigenvalue weighted by Crippen LogP contribution is 2.75. The largest absolute Gasteiger partial charge is 0.379 e. The lowest BCUT2D eigenvalue weighted by atomic mass is 9.70. The molecule has 6 heteroatoms. The lowest BCUT2D eigenvalue weighted by Gasteiger charge is -2.45. The van der Waals surface area contributed by atoms with Crippen molar-refractivity contribution in [2.75, 3.05) is 14.2 Å². The van der Waals surface area contributed by atoms with Crippen molar-refractivity contribution in [3.05, 3.63) is 0 Å². The molecule has 0 aromatic carbocycles. The summed E-state index contributed by atoms with van der Waals surface area (Å²) in [5.41, 5.74) is -1.94. The number of aliphatic hydroxyl groups is 1. The minimum atomic E-state index is -1.94. The van der Waals surface area contributed by atoms with Crippen LogP contribution < -0.4 is 0 Å². The van der Waals surface area contributed by atoms with Crippen LogP contribution in [0.25, 0.3) is 0 Å². The Kier molecular flexibility index (Phi) is 3.24. The Bertz CT molecular complexity index is 540. The molecule has 4 nitrogen and oxygen atoms in total. The number of halogens is 2. The summed E-state index contributed by atoms with van der Waals surface area (Å²) in [6, 6.07) is 0. The van der Waals surface area contributed by atoms with E-state index in [1.807, 2.05) is 0 Å². The van der Waals surface area contributed by atoms with Crippen molar-refractivity contribution >= 4 is 29.0 Å². The van der Waals surface area contributed by atoms with Crippen LogP contribution >= 0.6 is 23.2 Å². The number of terminal acetylenes is 1. The van der Waals surface area contributed by atoms with E-state index in [1.165, 1.54) is 14.2 Å². The molecule has 3 saturated carbocycles. The van der Waals surface area contributed by atoms with Crippen molar-refractivity contribution in [1.29, 1.82) is 0 Å². The highest BCUT2D eigenvalue weighted by Gasteiger charge is 2.93. The molecule has 0 unspecified atom stereocenters. The average Bonchev–Trinajstić information content (AvgIpc) is 3.04. The maximum absolute atomic E-state index is 13.0. The fraction of sp³-hybridized carbons (Fsp3) is 0.800. The highest BCUT2D eigenvalue weighted by atomic mass is 35.5. The fourth-order valence-electron chi connectivity index (χ4n) is 5.06. The maximum Gasteiger partial charge on any atom is 0.218 e. The number of ketones is 1. The number of hydrogen-bond acceptors (Lipinski definition) is 4. The van der Waals surface area contributed by atoms with Gasteiger partial charge >= 0.3 is 0 Å². The highest BCUT2D eigenvalue weighted by molar-refractivity contribution is 6.44. The predicted molar refractivity (Wildman–Crippen MR) is 78.2 cm³/mol. The molecule has 0 heterocycles. The quantitative estimate of drug-likeness (QED) is 0.485. The summed E-state index contributed by atoms with van der Waals surface area (Å²) in [4.78, 5) is 9.97. The number of carbonyl (C=O) groups is 1. The van der Waals surface area contributed by atoms with Gasteiger partial charge in [-0.05, 0) is 24.7 Å². The molecule has 0 amide bonds. The normalized spacial score (nSPS) is 50.2. The molecule has 21 heavy (non-hydrogen) atoms. The van der Waals surface area contributed by atoms with Gasteiger partial charge in [-0.25, -0.2) is 0 Å². The molecule has 5 atom stereocenters. The van der Waals surface area contributed by atoms with Crippen LogP contribution in [0.3, 0.4) is 0 Å². The van der Waals surface area contributed by atoms with Gasteiger partial charge in [0.25, 0.3) is 0 Å². The first-order chi connectivity index (χ1) is 9.81. The molecule has 116 valence electrons. The number of ether oxygens (including phenoxy) is 2. The molecule has 0 radical (unpaired) electrons. The SMILES string of the molecule is C#CC[C@@]1(O)C(=O)[C@]2(Cl)[C@@H]3CCC[C@@H]3[C@@]1(Cl)C2(OC)OC. The van der Waals surface area contributed by atoms with Crippen molar-refractivity contribution in [1.82, 2.24) is 0 Å². The molecular formula is C15H18Cl2O4.